The molecule has 0 spiro atoms. The van der Waals surface area contributed by atoms with E-state index in [-0.39, 0.29) is 6.04 Å². The molecule has 6 heteroatoms. The first-order chi connectivity index (χ1) is 12.3. The Kier molecular flexibility index (Phi) is 4.46. The first-order valence-corrected chi connectivity index (χ1v) is 9.45. The van der Waals surface area contributed by atoms with Crippen molar-refractivity contribution >= 4 is 34.4 Å². The minimum Gasteiger partial charge on any atom is -0.497 e. The molecule has 0 radical (unpaired) electrons. The van der Waals surface area contributed by atoms with Crippen LogP contribution in [0.3, 0.4) is 0 Å². The third-order valence-electron chi connectivity index (χ3n) is 4.45. The number of benzene rings is 1. The van der Waals surface area contributed by atoms with Gasteiger partial charge in [0.1, 0.15) is 11.8 Å². The lowest BCUT2D eigenvalue weighted by Crippen LogP contribution is -2.44. The first-order valence-electron chi connectivity index (χ1n) is 8.16. The van der Waals surface area contributed by atoms with Crippen molar-refractivity contribution in [1.29, 1.82) is 0 Å². The Bertz CT molecular complexity index is 855. The highest BCUT2D eigenvalue weighted by Gasteiger charge is 2.31. The number of rotatable bonds is 3. The van der Waals surface area contributed by atoms with Crippen LogP contribution in [0.25, 0.3) is 0 Å². The monoisotopic (exact) mass is 369 g/mol. The average molecular weight is 370 g/mol. The number of methoxy groups -OCH3 is 1. The predicted octanol–water partition coefficient (Wildman–Crippen LogP) is 4.36. The molecule has 128 valence electrons. The molecule has 4 rings (SSSR count). The van der Waals surface area contributed by atoms with Gasteiger partial charge in [-0.2, -0.15) is 0 Å². The second-order valence-corrected chi connectivity index (χ2v) is 7.26. The molecule has 0 amide bonds. The SMILES string of the molecule is COc1ccc(NC(=S)N2CCn3cccc3C2c2cccs2)cc1. The van der Waals surface area contributed by atoms with Gasteiger partial charge in [-0.3, -0.25) is 0 Å². The number of nitrogens with one attached hydrogen (secondary N) is 1. The number of thiocarbonyl (C=S) groups is 1. The van der Waals surface area contributed by atoms with Gasteiger partial charge in [-0.1, -0.05) is 6.07 Å². The van der Waals surface area contributed by atoms with Crippen LogP contribution in [0.4, 0.5) is 5.69 Å². The summed E-state index contributed by atoms with van der Waals surface area (Å²) < 4.78 is 7.53. The molecular formula is C19H19N3OS2. The summed E-state index contributed by atoms with van der Waals surface area (Å²) in [6.45, 7) is 1.82. The first kappa shape index (κ1) is 16.2. The topological polar surface area (TPSA) is 29.4 Å². The van der Waals surface area contributed by atoms with Gasteiger partial charge in [0.05, 0.1) is 7.11 Å². The number of fused-ring (bicyclic) bond motifs is 1. The van der Waals surface area contributed by atoms with Crippen LogP contribution in [0.15, 0.2) is 60.1 Å². The van der Waals surface area contributed by atoms with Gasteiger partial charge >= 0.3 is 0 Å². The van der Waals surface area contributed by atoms with E-state index in [2.05, 4.69) is 50.6 Å². The van der Waals surface area contributed by atoms with E-state index in [0.29, 0.717) is 0 Å². The predicted molar refractivity (Wildman–Crippen MR) is 107 cm³/mol. The molecule has 0 fully saturated rings. The lowest BCUT2D eigenvalue weighted by molar-refractivity contribution is 0.297. The zero-order chi connectivity index (χ0) is 17.2. The lowest BCUT2D eigenvalue weighted by Gasteiger charge is -2.38. The second kappa shape index (κ2) is 6.90. The number of nitrogens with zero attached hydrogens (tertiary/aromatic N) is 2. The van der Waals surface area contributed by atoms with Crippen LogP contribution in [-0.4, -0.2) is 28.2 Å². The summed E-state index contributed by atoms with van der Waals surface area (Å²) in [4.78, 5) is 3.58. The molecule has 1 aromatic carbocycles. The zero-order valence-electron chi connectivity index (χ0n) is 13.9. The fraction of sp³-hybridized carbons (Fsp3) is 0.211. The minimum atomic E-state index is 0.155. The van der Waals surface area contributed by atoms with E-state index in [1.54, 1.807) is 18.4 Å². The summed E-state index contributed by atoms with van der Waals surface area (Å²) in [5, 5.41) is 6.24. The summed E-state index contributed by atoms with van der Waals surface area (Å²) in [6.07, 6.45) is 2.15. The van der Waals surface area contributed by atoms with Crippen molar-refractivity contribution in [1.82, 2.24) is 9.47 Å². The summed E-state index contributed by atoms with van der Waals surface area (Å²) in [6, 6.07) is 16.6. The van der Waals surface area contributed by atoms with E-state index >= 15 is 0 Å². The zero-order valence-corrected chi connectivity index (χ0v) is 15.5. The van der Waals surface area contributed by atoms with Gasteiger partial charge < -0.3 is 19.5 Å². The number of ether oxygens (including phenoxy) is 1. The lowest BCUT2D eigenvalue weighted by atomic mass is 10.1. The molecule has 1 unspecified atom stereocenters. The van der Waals surface area contributed by atoms with Crippen LogP contribution in [0.1, 0.15) is 16.6 Å². The van der Waals surface area contributed by atoms with Gasteiger partial charge in [-0.25, -0.2) is 0 Å². The fourth-order valence-electron chi connectivity index (χ4n) is 3.22. The normalized spacial score (nSPS) is 16.4. The quantitative estimate of drug-likeness (QED) is 0.695. The molecule has 0 bridgehead atoms. The summed E-state index contributed by atoms with van der Waals surface area (Å²) in [5.74, 6) is 0.837. The van der Waals surface area contributed by atoms with Crippen molar-refractivity contribution in [3.63, 3.8) is 0 Å². The fourth-order valence-corrected chi connectivity index (χ4v) is 4.38. The van der Waals surface area contributed by atoms with E-state index in [1.807, 2.05) is 24.3 Å². The van der Waals surface area contributed by atoms with Crippen LogP contribution in [0.2, 0.25) is 0 Å². The smallest absolute Gasteiger partial charge is 0.174 e. The molecule has 25 heavy (non-hydrogen) atoms. The van der Waals surface area contributed by atoms with Crippen LogP contribution in [0, 0.1) is 0 Å². The van der Waals surface area contributed by atoms with Crippen molar-refractivity contribution < 1.29 is 4.74 Å². The van der Waals surface area contributed by atoms with Crippen molar-refractivity contribution in [3.05, 3.63) is 70.7 Å². The minimum absolute atomic E-state index is 0.155. The molecule has 1 atom stereocenters. The third-order valence-corrected chi connectivity index (χ3v) is 5.71. The maximum atomic E-state index is 5.75. The van der Waals surface area contributed by atoms with Gasteiger partial charge in [0, 0.05) is 35.5 Å². The van der Waals surface area contributed by atoms with Crippen molar-refractivity contribution in [2.75, 3.05) is 19.0 Å². The van der Waals surface area contributed by atoms with E-state index in [0.717, 1.165) is 29.6 Å². The Morgan fingerprint density at radius 1 is 1.16 bits per heavy atom. The maximum Gasteiger partial charge on any atom is 0.174 e. The molecule has 0 aliphatic carbocycles. The standard InChI is InChI=1S/C19H19N3OS2/c1-23-15-8-6-14(7-9-15)20-19(24)22-12-11-21-10-2-4-16(21)18(22)17-5-3-13-25-17/h2-10,13,18H,11-12H2,1H3,(H,20,24). The van der Waals surface area contributed by atoms with Crippen molar-refractivity contribution in [3.8, 4) is 5.75 Å². The molecule has 0 saturated heterocycles. The second-order valence-electron chi connectivity index (χ2n) is 5.90. The number of thiophene rings is 1. The van der Waals surface area contributed by atoms with E-state index in [1.165, 1.54) is 10.6 Å². The van der Waals surface area contributed by atoms with E-state index in [9.17, 15) is 0 Å². The summed E-state index contributed by atoms with van der Waals surface area (Å²) >= 11 is 7.52. The molecular weight excluding hydrogens is 350 g/mol. The highest BCUT2D eigenvalue weighted by Crippen LogP contribution is 2.35. The summed E-state index contributed by atoms with van der Waals surface area (Å²) in [5.41, 5.74) is 2.25. The highest BCUT2D eigenvalue weighted by molar-refractivity contribution is 7.80. The summed E-state index contributed by atoms with van der Waals surface area (Å²) in [7, 11) is 1.67. The number of anilines is 1. The van der Waals surface area contributed by atoms with E-state index in [4.69, 9.17) is 17.0 Å². The van der Waals surface area contributed by atoms with Crippen molar-refractivity contribution in [2.45, 2.75) is 12.6 Å². The third kappa shape index (κ3) is 3.15. The van der Waals surface area contributed by atoms with Crippen LogP contribution in [-0.2, 0) is 6.54 Å². The van der Waals surface area contributed by atoms with Gasteiger partial charge in [0.2, 0.25) is 0 Å². The molecule has 1 aliphatic rings. The van der Waals surface area contributed by atoms with Gasteiger partial charge in [0.25, 0.3) is 0 Å². The molecule has 3 aromatic rings. The number of hydrogen-bond donors (Lipinski definition) is 1. The largest absolute Gasteiger partial charge is 0.497 e. The number of aromatic nitrogens is 1. The molecule has 2 aromatic heterocycles. The average Bonchev–Trinajstić information content (AvgIpc) is 3.33. The molecule has 1 aliphatic heterocycles. The Morgan fingerprint density at radius 3 is 2.72 bits per heavy atom. The number of hydrogen-bond acceptors (Lipinski definition) is 3. The Labute approximate surface area is 156 Å². The molecule has 3 heterocycles. The maximum absolute atomic E-state index is 5.75. The molecule has 1 N–H and O–H groups in total. The van der Waals surface area contributed by atoms with Crippen LogP contribution in [0.5, 0.6) is 5.75 Å². The van der Waals surface area contributed by atoms with E-state index < -0.39 is 0 Å². The Morgan fingerprint density at radius 2 is 2.00 bits per heavy atom. The molecule has 4 nitrogen and oxygen atoms in total. The van der Waals surface area contributed by atoms with Crippen LogP contribution >= 0.6 is 23.6 Å². The Hall–Kier alpha value is -2.31. The van der Waals surface area contributed by atoms with Gasteiger partial charge in [-0.05, 0) is 60.1 Å². The van der Waals surface area contributed by atoms with Crippen molar-refractivity contribution in [2.24, 2.45) is 0 Å². The van der Waals surface area contributed by atoms with Crippen LogP contribution < -0.4 is 10.1 Å². The Balaban J connectivity index is 1.60. The van der Waals surface area contributed by atoms with Gasteiger partial charge in [-0.15, -0.1) is 11.3 Å². The molecule has 0 saturated carbocycles. The highest BCUT2D eigenvalue weighted by atomic mass is 32.1. The van der Waals surface area contributed by atoms with Gasteiger partial charge in [0.15, 0.2) is 5.11 Å².